The van der Waals surface area contributed by atoms with Crippen LogP contribution in [0.2, 0.25) is 0 Å². The van der Waals surface area contributed by atoms with Gasteiger partial charge in [0, 0.05) is 10.4 Å². The molecule has 5 heteroatoms. The van der Waals surface area contributed by atoms with Crippen molar-refractivity contribution in [3.63, 3.8) is 0 Å². The second kappa shape index (κ2) is 7.33. The van der Waals surface area contributed by atoms with Crippen LogP contribution in [0.15, 0.2) is 30.3 Å². The van der Waals surface area contributed by atoms with E-state index in [0.717, 1.165) is 0 Å². The normalized spacial score (nSPS) is 12.6. The van der Waals surface area contributed by atoms with Crippen molar-refractivity contribution in [2.75, 3.05) is 11.1 Å². The number of thioether (sulfide) groups is 1. The van der Waals surface area contributed by atoms with Gasteiger partial charge in [-0.3, -0.25) is 9.59 Å². The number of ether oxygens (including phenoxy) is 1. The molecule has 0 saturated carbocycles. The second-order valence-electron chi connectivity index (χ2n) is 5.39. The summed E-state index contributed by atoms with van der Waals surface area (Å²) in [6, 6.07) is 9.07. The molecule has 0 bridgehead atoms. The first-order valence-electron chi connectivity index (χ1n) is 6.47. The molecule has 0 aliphatic carbocycles. The Balaban J connectivity index is 2.40. The molecule has 1 aromatic rings. The van der Waals surface area contributed by atoms with Gasteiger partial charge in [0.05, 0.1) is 5.75 Å². The van der Waals surface area contributed by atoms with Gasteiger partial charge in [-0.05, 0) is 19.1 Å². The van der Waals surface area contributed by atoms with Crippen LogP contribution in [0.3, 0.4) is 0 Å². The molecule has 1 aromatic carbocycles. The Bertz CT molecular complexity index is 454. The van der Waals surface area contributed by atoms with Gasteiger partial charge in [0.25, 0.3) is 5.91 Å². The van der Waals surface area contributed by atoms with Gasteiger partial charge in [0.1, 0.15) is 0 Å². The molecule has 4 nitrogen and oxygen atoms in total. The Morgan fingerprint density at radius 1 is 1.25 bits per heavy atom. The lowest BCUT2D eigenvalue weighted by atomic mass is 10.3. The molecule has 1 rings (SSSR count). The van der Waals surface area contributed by atoms with E-state index >= 15 is 0 Å². The maximum Gasteiger partial charge on any atom is 0.316 e. The molecule has 0 aliphatic rings. The van der Waals surface area contributed by atoms with E-state index in [1.165, 1.54) is 11.8 Å². The fourth-order valence-corrected chi connectivity index (χ4v) is 1.94. The number of amides is 1. The van der Waals surface area contributed by atoms with Crippen LogP contribution in [0.25, 0.3) is 0 Å². The van der Waals surface area contributed by atoms with Crippen LogP contribution < -0.4 is 5.32 Å². The van der Waals surface area contributed by atoms with Crippen LogP contribution >= 0.6 is 11.8 Å². The summed E-state index contributed by atoms with van der Waals surface area (Å²) < 4.78 is 5.10. The highest BCUT2D eigenvalue weighted by Crippen LogP contribution is 2.23. The maximum absolute atomic E-state index is 11.9. The van der Waals surface area contributed by atoms with Gasteiger partial charge < -0.3 is 10.1 Å². The number of hydrogen-bond donors (Lipinski definition) is 1. The SMILES string of the molecule is CC(OC(=O)CSC(C)(C)C)C(=O)Nc1ccccc1. The van der Waals surface area contributed by atoms with Crippen molar-refractivity contribution < 1.29 is 14.3 Å². The van der Waals surface area contributed by atoms with Crippen molar-refractivity contribution >= 4 is 29.3 Å². The van der Waals surface area contributed by atoms with Crippen molar-refractivity contribution in [3.8, 4) is 0 Å². The highest BCUT2D eigenvalue weighted by molar-refractivity contribution is 8.01. The van der Waals surface area contributed by atoms with Gasteiger partial charge in [-0.2, -0.15) is 0 Å². The number of carbonyl (C=O) groups is 2. The van der Waals surface area contributed by atoms with Crippen LogP contribution in [0, 0.1) is 0 Å². The molecule has 1 unspecified atom stereocenters. The highest BCUT2D eigenvalue weighted by Gasteiger charge is 2.20. The summed E-state index contributed by atoms with van der Waals surface area (Å²) in [5.74, 6) is -0.460. The zero-order valence-corrected chi connectivity index (χ0v) is 13.1. The first kappa shape index (κ1) is 16.6. The molecule has 0 heterocycles. The van der Waals surface area contributed by atoms with Gasteiger partial charge in [-0.15, -0.1) is 11.8 Å². The number of para-hydroxylation sites is 1. The highest BCUT2D eigenvalue weighted by atomic mass is 32.2. The number of rotatable bonds is 5. The number of anilines is 1. The minimum atomic E-state index is -0.803. The number of nitrogens with one attached hydrogen (secondary N) is 1. The Morgan fingerprint density at radius 2 is 1.85 bits per heavy atom. The summed E-state index contributed by atoms with van der Waals surface area (Å²) in [6.45, 7) is 7.64. The van der Waals surface area contributed by atoms with Crippen LogP contribution in [0.5, 0.6) is 0 Å². The van der Waals surface area contributed by atoms with Crippen LogP contribution in [-0.4, -0.2) is 28.5 Å². The van der Waals surface area contributed by atoms with Gasteiger partial charge in [-0.1, -0.05) is 39.0 Å². The number of esters is 1. The lowest BCUT2D eigenvalue weighted by molar-refractivity contribution is -0.150. The van der Waals surface area contributed by atoms with E-state index in [-0.39, 0.29) is 22.4 Å². The Hall–Kier alpha value is -1.49. The molecule has 20 heavy (non-hydrogen) atoms. The number of hydrogen-bond acceptors (Lipinski definition) is 4. The quantitative estimate of drug-likeness (QED) is 0.848. The third-order valence-electron chi connectivity index (χ3n) is 2.34. The molecular weight excluding hydrogens is 274 g/mol. The molecule has 1 N–H and O–H groups in total. The van der Waals surface area contributed by atoms with Crippen molar-refractivity contribution in [1.29, 1.82) is 0 Å². The van der Waals surface area contributed by atoms with Crippen molar-refractivity contribution in [1.82, 2.24) is 0 Å². The van der Waals surface area contributed by atoms with E-state index in [2.05, 4.69) is 5.32 Å². The Morgan fingerprint density at radius 3 is 2.40 bits per heavy atom. The zero-order valence-electron chi connectivity index (χ0n) is 12.3. The second-order valence-corrected chi connectivity index (χ2v) is 7.19. The fourth-order valence-electron chi connectivity index (χ4n) is 1.33. The van der Waals surface area contributed by atoms with Gasteiger partial charge in [0.2, 0.25) is 0 Å². The van der Waals surface area contributed by atoms with E-state index in [9.17, 15) is 9.59 Å². The molecule has 1 atom stereocenters. The smallest absolute Gasteiger partial charge is 0.316 e. The summed E-state index contributed by atoms with van der Waals surface area (Å²) in [6.07, 6.45) is -0.803. The summed E-state index contributed by atoms with van der Waals surface area (Å²) in [7, 11) is 0. The predicted octanol–water partition coefficient (Wildman–Crippen LogP) is 3.09. The maximum atomic E-state index is 11.9. The lowest BCUT2D eigenvalue weighted by Gasteiger charge is -2.18. The van der Waals surface area contributed by atoms with E-state index in [1.54, 1.807) is 19.1 Å². The number of carbonyl (C=O) groups excluding carboxylic acids is 2. The molecule has 0 aromatic heterocycles. The first-order chi connectivity index (χ1) is 9.28. The van der Waals surface area contributed by atoms with E-state index in [0.29, 0.717) is 5.69 Å². The largest absolute Gasteiger partial charge is 0.452 e. The van der Waals surface area contributed by atoms with E-state index < -0.39 is 6.10 Å². The molecule has 0 aliphatic heterocycles. The minimum absolute atomic E-state index is 0.00540. The molecule has 1 amide bonds. The standard InChI is InChI=1S/C15H21NO3S/c1-11(19-13(17)10-20-15(2,3)4)14(18)16-12-8-6-5-7-9-12/h5-9,11H,10H2,1-4H3,(H,16,18). The Labute approximate surface area is 124 Å². The van der Waals surface area contributed by atoms with Crippen LogP contribution in [0.1, 0.15) is 27.7 Å². The van der Waals surface area contributed by atoms with Crippen molar-refractivity contribution in [3.05, 3.63) is 30.3 Å². The summed E-state index contributed by atoms with van der Waals surface area (Å²) >= 11 is 1.49. The summed E-state index contributed by atoms with van der Waals surface area (Å²) in [4.78, 5) is 23.5. The average molecular weight is 295 g/mol. The third-order valence-corrected chi connectivity index (χ3v) is 3.59. The monoisotopic (exact) mass is 295 g/mol. The van der Waals surface area contributed by atoms with E-state index in [4.69, 9.17) is 4.74 Å². The van der Waals surface area contributed by atoms with Gasteiger partial charge in [-0.25, -0.2) is 0 Å². The Kier molecular flexibility index (Phi) is 6.07. The third kappa shape index (κ3) is 6.61. The predicted molar refractivity (Wildman–Crippen MR) is 82.8 cm³/mol. The number of benzene rings is 1. The summed E-state index contributed by atoms with van der Waals surface area (Å²) in [5.41, 5.74) is 0.685. The molecular formula is C15H21NO3S. The summed E-state index contributed by atoms with van der Waals surface area (Å²) in [5, 5.41) is 2.70. The van der Waals surface area contributed by atoms with Crippen LogP contribution in [0.4, 0.5) is 5.69 Å². The van der Waals surface area contributed by atoms with Gasteiger partial charge in [0.15, 0.2) is 6.10 Å². The molecule has 0 radical (unpaired) electrons. The molecule has 110 valence electrons. The fraction of sp³-hybridized carbons (Fsp3) is 0.467. The van der Waals surface area contributed by atoms with Crippen LogP contribution in [-0.2, 0) is 14.3 Å². The molecule has 0 fully saturated rings. The molecule has 0 spiro atoms. The molecule has 0 saturated heterocycles. The van der Waals surface area contributed by atoms with Crippen molar-refractivity contribution in [2.24, 2.45) is 0 Å². The lowest BCUT2D eigenvalue weighted by Crippen LogP contribution is -2.31. The van der Waals surface area contributed by atoms with Gasteiger partial charge >= 0.3 is 5.97 Å². The van der Waals surface area contributed by atoms with E-state index in [1.807, 2.05) is 39.0 Å². The topological polar surface area (TPSA) is 55.4 Å². The minimum Gasteiger partial charge on any atom is -0.452 e. The first-order valence-corrected chi connectivity index (χ1v) is 7.46. The zero-order chi connectivity index (χ0) is 15.2. The average Bonchev–Trinajstić information content (AvgIpc) is 2.36. The van der Waals surface area contributed by atoms with Crippen molar-refractivity contribution in [2.45, 2.75) is 38.5 Å².